The lowest BCUT2D eigenvalue weighted by Gasteiger charge is -2.12. The molecule has 1 aromatic carbocycles. The van der Waals surface area contributed by atoms with Crippen LogP contribution in [0.1, 0.15) is 17.0 Å². The fraction of sp³-hybridized carbons (Fsp3) is 0.167. The van der Waals surface area contributed by atoms with E-state index < -0.39 is 0 Å². The third-order valence-electron chi connectivity index (χ3n) is 5.37. The number of rotatable bonds is 4. The Morgan fingerprint density at radius 3 is 2.58 bits per heavy atom. The molecule has 154 valence electrons. The first-order valence-corrected chi connectivity index (χ1v) is 10.0. The van der Waals surface area contributed by atoms with E-state index in [1.807, 2.05) is 61.0 Å². The van der Waals surface area contributed by atoms with Crippen molar-refractivity contribution in [2.45, 2.75) is 20.8 Å². The Labute approximate surface area is 180 Å². The summed E-state index contributed by atoms with van der Waals surface area (Å²) in [5, 5.41) is 9.15. The largest absolute Gasteiger partial charge is 0.496 e. The highest BCUT2D eigenvalue weighted by Crippen LogP contribution is 2.37. The fourth-order valence-electron chi connectivity index (χ4n) is 3.93. The maximum atomic E-state index is 5.76. The summed E-state index contributed by atoms with van der Waals surface area (Å²) < 4.78 is 9.45. The quantitative estimate of drug-likeness (QED) is 0.434. The molecule has 0 saturated carbocycles. The van der Waals surface area contributed by atoms with Gasteiger partial charge in [0.25, 0.3) is 0 Å². The Kier molecular flexibility index (Phi) is 4.51. The molecular weight excluding hydrogens is 388 g/mol. The Morgan fingerprint density at radius 2 is 1.84 bits per heavy atom. The average Bonchev–Trinajstić information content (AvgIpc) is 3.41. The van der Waals surface area contributed by atoms with E-state index in [-0.39, 0.29) is 0 Å². The molecule has 0 unspecified atom stereocenters. The topological polar surface area (TPSA) is 70.1 Å². The van der Waals surface area contributed by atoms with Gasteiger partial charge in [-0.2, -0.15) is 10.2 Å². The van der Waals surface area contributed by atoms with E-state index in [2.05, 4.69) is 23.1 Å². The van der Waals surface area contributed by atoms with Crippen LogP contribution in [0.3, 0.4) is 0 Å². The number of methoxy groups -OCH3 is 1. The molecule has 4 heterocycles. The Morgan fingerprint density at radius 1 is 0.968 bits per heavy atom. The minimum atomic E-state index is 0.741. The molecule has 5 aromatic rings. The molecule has 0 spiro atoms. The van der Waals surface area contributed by atoms with Crippen LogP contribution in [0.15, 0.2) is 61.1 Å². The van der Waals surface area contributed by atoms with Crippen molar-refractivity contribution >= 4 is 5.65 Å². The van der Waals surface area contributed by atoms with Crippen LogP contribution in [0.5, 0.6) is 5.75 Å². The van der Waals surface area contributed by atoms with E-state index in [0.717, 1.165) is 56.6 Å². The molecule has 31 heavy (non-hydrogen) atoms. The van der Waals surface area contributed by atoms with Gasteiger partial charge in [-0.1, -0.05) is 6.07 Å². The van der Waals surface area contributed by atoms with Gasteiger partial charge in [0.15, 0.2) is 5.65 Å². The lowest BCUT2D eigenvalue weighted by molar-refractivity contribution is 0.416. The summed E-state index contributed by atoms with van der Waals surface area (Å²) >= 11 is 0. The number of benzene rings is 1. The number of ether oxygens (including phenoxy) is 1. The van der Waals surface area contributed by atoms with Crippen LogP contribution < -0.4 is 4.74 Å². The van der Waals surface area contributed by atoms with Crippen LogP contribution in [0.25, 0.3) is 33.8 Å². The van der Waals surface area contributed by atoms with Crippen molar-refractivity contribution in [2.75, 3.05) is 7.11 Å². The lowest BCUT2D eigenvalue weighted by Crippen LogP contribution is -2.01. The molecule has 0 atom stereocenters. The van der Waals surface area contributed by atoms with Gasteiger partial charge in [0.05, 0.1) is 35.4 Å². The highest BCUT2D eigenvalue weighted by Gasteiger charge is 2.21. The Balaban J connectivity index is 1.75. The van der Waals surface area contributed by atoms with Crippen LogP contribution in [0, 0.1) is 20.8 Å². The number of aryl methyl sites for hydroxylation is 3. The smallest absolute Gasteiger partial charge is 0.164 e. The second-order valence-corrected chi connectivity index (χ2v) is 7.48. The molecule has 0 radical (unpaired) electrons. The molecule has 0 aliphatic heterocycles. The zero-order valence-corrected chi connectivity index (χ0v) is 17.9. The molecular formula is C24H22N6O. The number of fused-ring (bicyclic) bond motifs is 1. The standard InChI is InChI=1S/C24H22N6O/c1-15-7-5-10-25-23(15)20-13-16(2)27-24-22(17(3)28-30(20)24)19-9-8-18(14-21(19)31-4)29-12-6-11-26-29/h5-14H,1-4H3. The first kappa shape index (κ1) is 19.0. The highest BCUT2D eigenvalue weighted by atomic mass is 16.5. The maximum Gasteiger partial charge on any atom is 0.164 e. The number of aromatic nitrogens is 6. The molecule has 5 rings (SSSR count). The predicted octanol–water partition coefficient (Wildman–Crippen LogP) is 4.58. The van der Waals surface area contributed by atoms with Gasteiger partial charge in [-0.05, 0) is 56.7 Å². The van der Waals surface area contributed by atoms with Crippen LogP contribution in [0.4, 0.5) is 0 Å². The van der Waals surface area contributed by atoms with E-state index in [9.17, 15) is 0 Å². The minimum absolute atomic E-state index is 0.741. The number of nitrogens with zero attached hydrogens (tertiary/aromatic N) is 6. The van der Waals surface area contributed by atoms with Gasteiger partial charge in [-0.15, -0.1) is 0 Å². The van der Waals surface area contributed by atoms with Crippen LogP contribution >= 0.6 is 0 Å². The summed E-state index contributed by atoms with van der Waals surface area (Å²) in [4.78, 5) is 9.44. The second kappa shape index (κ2) is 7.36. The third kappa shape index (κ3) is 3.15. The van der Waals surface area contributed by atoms with Crippen molar-refractivity contribution in [1.82, 2.24) is 29.4 Å². The lowest BCUT2D eigenvalue weighted by atomic mass is 10.0. The molecule has 0 aliphatic carbocycles. The molecule has 0 fully saturated rings. The van der Waals surface area contributed by atoms with Gasteiger partial charge in [0, 0.05) is 35.9 Å². The van der Waals surface area contributed by atoms with Crippen LogP contribution in [-0.2, 0) is 0 Å². The Bertz CT molecular complexity index is 1400. The van der Waals surface area contributed by atoms with Crippen LogP contribution in [-0.4, -0.2) is 36.5 Å². The van der Waals surface area contributed by atoms with E-state index in [0.29, 0.717) is 0 Å². The molecule has 0 aliphatic rings. The summed E-state index contributed by atoms with van der Waals surface area (Å²) in [5.74, 6) is 0.741. The number of hydrogen-bond donors (Lipinski definition) is 0. The van der Waals surface area contributed by atoms with Gasteiger partial charge in [-0.25, -0.2) is 14.2 Å². The van der Waals surface area contributed by atoms with E-state index in [4.69, 9.17) is 14.8 Å². The summed E-state index contributed by atoms with van der Waals surface area (Å²) in [6.45, 7) is 6.04. The van der Waals surface area contributed by atoms with Crippen molar-refractivity contribution in [2.24, 2.45) is 0 Å². The normalized spacial score (nSPS) is 11.2. The third-order valence-corrected chi connectivity index (χ3v) is 5.37. The summed E-state index contributed by atoms with van der Waals surface area (Å²) in [6.07, 6.45) is 5.46. The van der Waals surface area contributed by atoms with Gasteiger partial charge >= 0.3 is 0 Å². The van der Waals surface area contributed by atoms with Gasteiger partial charge < -0.3 is 4.74 Å². The monoisotopic (exact) mass is 410 g/mol. The summed E-state index contributed by atoms with van der Waals surface area (Å²) in [5.41, 5.74) is 8.27. The fourth-order valence-corrected chi connectivity index (χ4v) is 3.93. The second-order valence-electron chi connectivity index (χ2n) is 7.48. The van der Waals surface area contributed by atoms with Crippen molar-refractivity contribution in [3.63, 3.8) is 0 Å². The Hall–Kier alpha value is -4.00. The first-order valence-electron chi connectivity index (χ1n) is 10.0. The van der Waals surface area contributed by atoms with Crippen molar-refractivity contribution in [3.05, 3.63) is 78.0 Å². The molecule has 0 saturated heterocycles. The van der Waals surface area contributed by atoms with E-state index >= 15 is 0 Å². The zero-order chi connectivity index (χ0) is 21.5. The van der Waals surface area contributed by atoms with Gasteiger partial charge in [0.2, 0.25) is 0 Å². The van der Waals surface area contributed by atoms with Crippen LogP contribution in [0.2, 0.25) is 0 Å². The SMILES string of the molecule is COc1cc(-n2cccn2)ccc1-c1c(C)nn2c(-c3ncccc3C)cc(C)nc12. The van der Waals surface area contributed by atoms with Gasteiger partial charge in [-0.3, -0.25) is 4.98 Å². The highest BCUT2D eigenvalue weighted by molar-refractivity contribution is 5.85. The van der Waals surface area contributed by atoms with E-state index in [1.165, 1.54) is 0 Å². The summed E-state index contributed by atoms with van der Waals surface area (Å²) in [6, 6.07) is 13.9. The molecule has 7 heteroatoms. The zero-order valence-electron chi connectivity index (χ0n) is 17.9. The summed E-state index contributed by atoms with van der Waals surface area (Å²) in [7, 11) is 1.67. The molecule has 0 bridgehead atoms. The first-order chi connectivity index (χ1) is 15.1. The molecule has 7 nitrogen and oxygen atoms in total. The maximum absolute atomic E-state index is 5.76. The van der Waals surface area contributed by atoms with Crippen molar-refractivity contribution in [1.29, 1.82) is 0 Å². The number of pyridine rings is 1. The molecule has 0 N–H and O–H groups in total. The average molecular weight is 410 g/mol. The minimum Gasteiger partial charge on any atom is -0.496 e. The van der Waals surface area contributed by atoms with Crippen molar-refractivity contribution < 1.29 is 4.74 Å². The number of hydrogen-bond acceptors (Lipinski definition) is 5. The van der Waals surface area contributed by atoms with E-state index in [1.54, 1.807) is 24.2 Å². The predicted molar refractivity (Wildman–Crippen MR) is 120 cm³/mol. The molecule has 0 amide bonds. The van der Waals surface area contributed by atoms with Gasteiger partial charge in [0.1, 0.15) is 5.75 Å². The molecule has 4 aromatic heterocycles. The van der Waals surface area contributed by atoms with Crippen molar-refractivity contribution in [3.8, 4) is 34.0 Å².